The molecule has 0 saturated heterocycles. The summed E-state index contributed by atoms with van der Waals surface area (Å²) in [5.74, 6) is -1.01. The molecular weight excluding hydrogens is 262 g/mol. The molecule has 19 heavy (non-hydrogen) atoms. The highest BCUT2D eigenvalue weighted by Gasteiger charge is 2.34. The van der Waals surface area contributed by atoms with Gasteiger partial charge in [-0.2, -0.15) is 17.6 Å². The van der Waals surface area contributed by atoms with Crippen LogP contribution in [0.15, 0.2) is 36.5 Å². The first-order chi connectivity index (χ1) is 8.93. The molecule has 0 saturated carbocycles. The van der Waals surface area contributed by atoms with E-state index in [0.29, 0.717) is 0 Å². The van der Waals surface area contributed by atoms with Gasteiger partial charge in [-0.05, 0) is 23.3 Å². The van der Waals surface area contributed by atoms with Crippen molar-refractivity contribution >= 4 is 0 Å². The summed E-state index contributed by atoms with van der Waals surface area (Å²) >= 11 is 0. The number of rotatable bonds is 2. The predicted molar refractivity (Wildman–Crippen MR) is 60.6 cm³/mol. The van der Waals surface area contributed by atoms with Crippen molar-refractivity contribution < 1.29 is 22.7 Å². The maximum atomic E-state index is 13.6. The summed E-state index contributed by atoms with van der Waals surface area (Å²) in [6.45, 7) is -0.422. The van der Waals surface area contributed by atoms with Gasteiger partial charge < -0.3 is 5.11 Å². The number of aliphatic hydroxyl groups is 1. The standard InChI is InChI=1S/C13H9F4NO/c14-12-10(5-8(7-19)6-18-12)9-3-1-2-4-11(9)13(15,16)17/h1-6,19H,7H2. The third-order valence-electron chi connectivity index (χ3n) is 2.60. The fourth-order valence-corrected chi connectivity index (χ4v) is 1.73. The molecule has 0 bridgehead atoms. The molecule has 0 amide bonds. The van der Waals surface area contributed by atoms with Crippen LogP contribution < -0.4 is 0 Å². The second-order valence-corrected chi connectivity index (χ2v) is 3.88. The smallest absolute Gasteiger partial charge is 0.392 e. The van der Waals surface area contributed by atoms with E-state index < -0.39 is 24.3 Å². The van der Waals surface area contributed by atoms with Crippen LogP contribution in [0.25, 0.3) is 11.1 Å². The summed E-state index contributed by atoms with van der Waals surface area (Å²) in [6.07, 6.45) is -3.51. The molecule has 0 atom stereocenters. The Balaban J connectivity index is 2.65. The lowest BCUT2D eigenvalue weighted by Crippen LogP contribution is -2.08. The largest absolute Gasteiger partial charge is 0.417 e. The van der Waals surface area contributed by atoms with Crippen LogP contribution >= 0.6 is 0 Å². The Morgan fingerprint density at radius 3 is 2.42 bits per heavy atom. The molecule has 2 rings (SSSR count). The molecule has 0 aliphatic heterocycles. The van der Waals surface area contributed by atoms with E-state index in [1.54, 1.807) is 0 Å². The second kappa shape index (κ2) is 4.97. The van der Waals surface area contributed by atoms with Crippen molar-refractivity contribution in [2.45, 2.75) is 12.8 Å². The monoisotopic (exact) mass is 271 g/mol. The molecular formula is C13H9F4NO. The van der Waals surface area contributed by atoms with Gasteiger partial charge in [-0.1, -0.05) is 18.2 Å². The molecule has 1 aromatic carbocycles. The third kappa shape index (κ3) is 2.73. The van der Waals surface area contributed by atoms with Gasteiger partial charge in [0.1, 0.15) is 0 Å². The van der Waals surface area contributed by atoms with E-state index in [0.717, 1.165) is 18.3 Å². The van der Waals surface area contributed by atoms with E-state index in [2.05, 4.69) is 4.98 Å². The first-order valence-electron chi connectivity index (χ1n) is 5.35. The number of halogens is 4. The van der Waals surface area contributed by atoms with Crippen LogP contribution in [-0.2, 0) is 12.8 Å². The number of alkyl halides is 3. The van der Waals surface area contributed by atoms with Gasteiger partial charge >= 0.3 is 6.18 Å². The molecule has 0 spiro atoms. The molecule has 0 unspecified atom stereocenters. The van der Waals surface area contributed by atoms with Crippen LogP contribution in [0.1, 0.15) is 11.1 Å². The van der Waals surface area contributed by atoms with E-state index in [1.807, 2.05) is 0 Å². The van der Waals surface area contributed by atoms with E-state index in [4.69, 9.17) is 5.11 Å². The van der Waals surface area contributed by atoms with Crippen molar-refractivity contribution in [1.82, 2.24) is 4.98 Å². The highest BCUT2D eigenvalue weighted by molar-refractivity contribution is 5.68. The van der Waals surface area contributed by atoms with Crippen molar-refractivity contribution in [3.8, 4) is 11.1 Å². The van der Waals surface area contributed by atoms with Gasteiger partial charge in [0.25, 0.3) is 0 Å². The Morgan fingerprint density at radius 1 is 1.11 bits per heavy atom. The molecule has 1 N–H and O–H groups in total. The lowest BCUT2D eigenvalue weighted by atomic mass is 9.99. The summed E-state index contributed by atoms with van der Waals surface area (Å²) in [5.41, 5.74) is -1.27. The lowest BCUT2D eigenvalue weighted by molar-refractivity contribution is -0.137. The second-order valence-electron chi connectivity index (χ2n) is 3.88. The molecule has 0 radical (unpaired) electrons. The topological polar surface area (TPSA) is 33.1 Å². The molecule has 2 aromatic rings. The summed E-state index contributed by atoms with van der Waals surface area (Å²) in [7, 11) is 0. The predicted octanol–water partition coefficient (Wildman–Crippen LogP) is 3.40. The van der Waals surface area contributed by atoms with E-state index >= 15 is 0 Å². The number of hydrogen-bond acceptors (Lipinski definition) is 2. The van der Waals surface area contributed by atoms with E-state index in [9.17, 15) is 17.6 Å². The molecule has 0 aliphatic carbocycles. The van der Waals surface area contributed by atoms with Gasteiger partial charge in [0.15, 0.2) is 0 Å². The number of pyridine rings is 1. The zero-order valence-corrected chi connectivity index (χ0v) is 9.58. The van der Waals surface area contributed by atoms with Crippen LogP contribution in [0, 0.1) is 5.95 Å². The summed E-state index contributed by atoms with van der Waals surface area (Å²) in [4.78, 5) is 3.36. The SMILES string of the molecule is OCc1cnc(F)c(-c2ccccc2C(F)(F)F)c1. The third-order valence-corrected chi connectivity index (χ3v) is 2.60. The van der Waals surface area contributed by atoms with Crippen LogP contribution in [0.4, 0.5) is 17.6 Å². The fourth-order valence-electron chi connectivity index (χ4n) is 1.73. The number of nitrogens with zero attached hydrogens (tertiary/aromatic N) is 1. The van der Waals surface area contributed by atoms with Gasteiger partial charge in [0, 0.05) is 11.8 Å². The minimum Gasteiger partial charge on any atom is -0.392 e. The number of benzene rings is 1. The number of hydrogen-bond donors (Lipinski definition) is 1. The molecule has 0 aliphatic rings. The Bertz CT molecular complexity index is 595. The number of aromatic nitrogens is 1. The minimum absolute atomic E-state index is 0.244. The van der Waals surface area contributed by atoms with Gasteiger partial charge in [-0.3, -0.25) is 0 Å². The molecule has 6 heteroatoms. The summed E-state index contributed by atoms with van der Waals surface area (Å²) < 4.78 is 52.2. The average molecular weight is 271 g/mol. The quantitative estimate of drug-likeness (QED) is 0.670. The molecule has 2 nitrogen and oxygen atoms in total. The van der Waals surface area contributed by atoms with E-state index in [-0.39, 0.29) is 16.7 Å². The Labute approximate surface area is 106 Å². The average Bonchev–Trinajstić information content (AvgIpc) is 2.38. The van der Waals surface area contributed by atoms with Gasteiger partial charge in [0.05, 0.1) is 12.2 Å². The summed E-state index contributed by atoms with van der Waals surface area (Å²) in [6, 6.07) is 5.82. The maximum absolute atomic E-state index is 13.6. The molecule has 1 heterocycles. The van der Waals surface area contributed by atoms with Gasteiger partial charge in [-0.15, -0.1) is 0 Å². The first-order valence-corrected chi connectivity index (χ1v) is 5.35. The van der Waals surface area contributed by atoms with Gasteiger partial charge in [-0.25, -0.2) is 4.98 Å². The highest BCUT2D eigenvalue weighted by atomic mass is 19.4. The van der Waals surface area contributed by atoms with Crippen molar-refractivity contribution in [2.75, 3.05) is 0 Å². The molecule has 100 valence electrons. The highest BCUT2D eigenvalue weighted by Crippen LogP contribution is 2.37. The fraction of sp³-hybridized carbons (Fsp3) is 0.154. The first kappa shape index (κ1) is 13.5. The minimum atomic E-state index is -4.59. The molecule has 1 aromatic heterocycles. The Kier molecular flexibility index (Phi) is 3.53. The van der Waals surface area contributed by atoms with Crippen molar-refractivity contribution in [3.05, 3.63) is 53.6 Å². The zero-order chi connectivity index (χ0) is 14.0. The van der Waals surface area contributed by atoms with Crippen LogP contribution in [0.5, 0.6) is 0 Å². The van der Waals surface area contributed by atoms with Crippen molar-refractivity contribution in [3.63, 3.8) is 0 Å². The Hall–Kier alpha value is -1.95. The lowest BCUT2D eigenvalue weighted by Gasteiger charge is -2.13. The zero-order valence-electron chi connectivity index (χ0n) is 9.58. The Morgan fingerprint density at radius 2 is 1.79 bits per heavy atom. The van der Waals surface area contributed by atoms with E-state index in [1.165, 1.54) is 18.2 Å². The van der Waals surface area contributed by atoms with Crippen molar-refractivity contribution in [2.24, 2.45) is 0 Å². The van der Waals surface area contributed by atoms with Crippen LogP contribution in [0.2, 0.25) is 0 Å². The summed E-state index contributed by atoms with van der Waals surface area (Å²) in [5, 5.41) is 8.94. The molecule has 0 fully saturated rings. The maximum Gasteiger partial charge on any atom is 0.417 e. The van der Waals surface area contributed by atoms with Crippen LogP contribution in [-0.4, -0.2) is 10.1 Å². The normalized spacial score (nSPS) is 11.6. The number of aliphatic hydroxyl groups excluding tert-OH is 1. The van der Waals surface area contributed by atoms with Crippen LogP contribution in [0.3, 0.4) is 0 Å². The van der Waals surface area contributed by atoms with Crippen molar-refractivity contribution in [1.29, 1.82) is 0 Å². The van der Waals surface area contributed by atoms with Gasteiger partial charge in [0.2, 0.25) is 5.95 Å².